The molecule has 0 saturated heterocycles. The predicted octanol–water partition coefficient (Wildman–Crippen LogP) is -0.547. The van der Waals surface area contributed by atoms with Gasteiger partial charge in [0.15, 0.2) is 0 Å². The van der Waals surface area contributed by atoms with Gasteiger partial charge in [-0.15, -0.1) is 12.4 Å². The van der Waals surface area contributed by atoms with Crippen LogP contribution in [0.2, 0.25) is 0 Å². The zero-order valence-electron chi connectivity index (χ0n) is 3.89. The lowest BCUT2D eigenvalue weighted by atomic mass is 11.1. The maximum Gasteiger partial charge on any atom is 0.210 e. The zero-order valence-corrected chi connectivity index (χ0v) is 4.71. The predicted molar refractivity (Wildman–Crippen MR) is 29.3 cm³/mol. The summed E-state index contributed by atoms with van der Waals surface area (Å²) in [7, 11) is 1.39. The van der Waals surface area contributed by atoms with Crippen molar-refractivity contribution in [2.45, 2.75) is 0 Å². The lowest BCUT2D eigenvalue weighted by molar-refractivity contribution is 0.142. The standard InChI is InChI=1S/C2H7N3O.ClH/c1-6-5-2(3)4;/h1H3,(H4,3,4,5);1H. The van der Waals surface area contributed by atoms with Crippen LogP contribution in [0, 0.1) is 5.41 Å². The van der Waals surface area contributed by atoms with Gasteiger partial charge >= 0.3 is 0 Å². The smallest absolute Gasteiger partial charge is 0.210 e. The molecule has 0 unspecified atom stereocenters. The van der Waals surface area contributed by atoms with Crippen LogP contribution < -0.4 is 11.2 Å². The molecule has 0 saturated carbocycles. The van der Waals surface area contributed by atoms with E-state index < -0.39 is 0 Å². The molecule has 0 heterocycles. The third-order valence-corrected chi connectivity index (χ3v) is 0.212. The van der Waals surface area contributed by atoms with Gasteiger partial charge in [0.2, 0.25) is 5.96 Å². The van der Waals surface area contributed by atoms with E-state index in [2.05, 4.69) is 10.3 Å². The molecule has 44 valence electrons. The lowest BCUT2D eigenvalue weighted by Gasteiger charge is -1.93. The van der Waals surface area contributed by atoms with Crippen LogP contribution in [-0.2, 0) is 4.84 Å². The molecule has 0 rings (SSSR count). The van der Waals surface area contributed by atoms with Gasteiger partial charge in [-0.25, -0.2) is 5.48 Å². The average molecular weight is 126 g/mol. The molecule has 0 aliphatic carbocycles. The molecule has 7 heavy (non-hydrogen) atoms. The number of hydroxylamine groups is 1. The molecule has 0 atom stereocenters. The van der Waals surface area contributed by atoms with Crippen molar-refractivity contribution < 1.29 is 4.84 Å². The molecule has 4 N–H and O–H groups in total. The summed E-state index contributed by atoms with van der Waals surface area (Å²) in [6.07, 6.45) is 0. The number of nitrogens with two attached hydrogens (primary N) is 1. The second-order valence-electron chi connectivity index (χ2n) is 0.720. The minimum atomic E-state index is -0.183. The molecular weight excluding hydrogens is 117 g/mol. The van der Waals surface area contributed by atoms with E-state index in [0.29, 0.717) is 0 Å². The van der Waals surface area contributed by atoms with Gasteiger partial charge in [0, 0.05) is 0 Å². The van der Waals surface area contributed by atoms with Crippen LogP contribution in [0.25, 0.3) is 0 Å². The molecule has 5 heteroatoms. The van der Waals surface area contributed by atoms with Crippen molar-refractivity contribution in [3.8, 4) is 0 Å². The van der Waals surface area contributed by atoms with E-state index in [4.69, 9.17) is 11.1 Å². The first-order valence-corrected chi connectivity index (χ1v) is 1.40. The van der Waals surface area contributed by atoms with Crippen LogP contribution in [0.5, 0.6) is 0 Å². The van der Waals surface area contributed by atoms with E-state index in [0.717, 1.165) is 0 Å². The van der Waals surface area contributed by atoms with Gasteiger partial charge in [0.25, 0.3) is 0 Å². The normalized spacial score (nSPS) is 6.43. The van der Waals surface area contributed by atoms with E-state index in [1.807, 2.05) is 0 Å². The zero-order chi connectivity index (χ0) is 4.99. The maximum absolute atomic E-state index is 6.44. The quantitative estimate of drug-likeness (QED) is 0.250. The van der Waals surface area contributed by atoms with Crippen molar-refractivity contribution in [3.63, 3.8) is 0 Å². The summed E-state index contributed by atoms with van der Waals surface area (Å²) in [5.41, 5.74) is 6.82. The van der Waals surface area contributed by atoms with Gasteiger partial charge in [-0.2, -0.15) is 0 Å². The first kappa shape index (κ1) is 9.72. The van der Waals surface area contributed by atoms with Crippen molar-refractivity contribution in [1.82, 2.24) is 5.48 Å². The van der Waals surface area contributed by atoms with Crippen molar-refractivity contribution in [3.05, 3.63) is 0 Å². The van der Waals surface area contributed by atoms with E-state index in [-0.39, 0.29) is 18.4 Å². The maximum atomic E-state index is 6.44. The van der Waals surface area contributed by atoms with Gasteiger partial charge in [-0.05, 0) is 0 Å². The van der Waals surface area contributed by atoms with E-state index in [1.165, 1.54) is 7.11 Å². The number of guanidine groups is 1. The van der Waals surface area contributed by atoms with Gasteiger partial charge in [-0.3, -0.25) is 10.2 Å². The molecule has 0 aromatic heterocycles. The summed E-state index contributed by atoms with van der Waals surface area (Å²) in [6, 6.07) is 0. The third kappa shape index (κ3) is 10.8. The average Bonchev–Trinajstić information content (AvgIpc) is 1.35. The SMILES string of the molecule is CONC(=N)N.Cl. The van der Waals surface area contributed by atoms with Crippen molar-refractivity contribution in [2.24, 2.45) is 5.73 Å². The van der Waals surface area contributed by atoms with Crippen molar-refractivity contribution in [1.29, 1.82) is 5.41 Å². The summed E-state index contributed by atoms with van der Waals surface area (Å²) in [6.45, 7) is 0. The van der Waals surface area contributed by atoms with Gasteiger partial charge in [0.05, 0.1) is 7.11 Å². The summed E-state index contributed by atoms with van der Waals surface area (Å²) < 4.78 is 0. The summed E-state index contributed by atoms with van der Waals surface area (Å²) in [5.74, 6) is -0.183. The Hall–Kier alpha value is -0.480. The summed E-state index contributed by atoms with van der Waals surface area (Å²) in [5, 5.41) is 6.44. The minimum Gasteiger partial charge on any atom is -0.368 e. The van der Waals surface area contributed by atoms with E-state index in [9.17, 15) is 0 Å². The van der Waals surface area contributed by atoms with Gasteiger partial charge < -0.3 is 5.73 Å². The highest BCUT2D eigenvalue weighted by Gasteiger charge is 1.73. The first-order chi connectivity index (χ1) is 2.77. The fourth-order valence-electron chi connectivity index (χ4n) is 0.110. The second-order valence-corrected chi connectivity index (χ2v) is 0.720. The highest BCUT2D eigenvalue weighted by molar-refractivity contribution is 5.85. The molecule has 0 aromatic carbocycles. The molecule has 0 aromatic rings. The number of hydrogen-bond acceptors (Lipinski definition) is 2. The van der Waals surface area contributed by atoms with Crippen LogP contribution in [-0.4, -0.2) is 13.1 Å². The molecule has 0 fully saturated rings. The Kier molecular flexibility index (Phi) is 7.67. The van der Waals surface area contributed by atoms with Crippen molar-refractivity contribution in [2.75, 3.05) is 7.11 Å². The Morgan fingerprint density at radius 3 is 2.29 bits per heavy atom. The molecule has 4 nitrogen and oxygen atoms in total. The molecule has 0 aliphatic heterocycles. The molecule has 0 spiro atoms. The number of halogens is 1. The molecule has 0 radical (unpaired) electrons. The van der Waals surface area contributed by atoms with Crippen LogP contribution in [0.15, 0.2) is 0 Å². The molecule has 0 amide bonds. The Bertz CT molecular complexity index is 56.9. The highest BCUT2D eigenvalue weighted by Crippen LogP contribution is 1.45. The molecular formula is C2H8ClN3O. The number of nitrogens with one attached hydrogen (secondary N) is 2. The topological polar surface area (TPSA) is 71.1 Å². The second kappa shape index (κ2) is 5.52. The van der Waals surface area contributed by atoms with Crippen LogP contribution >= 0.6 is 12.4 Å². The van der Waals surface area contributed by atoms with Crippen LogP contribution in [0.1, 0.15) is 0 Å². The number of rotatable bonds is 1. The highest BCUT2D eigenvalue weighted by atomic mass is 35.5. The van der Waals surface area contributed by atoms with Crippen molar-refractivity contribution >= 4 is 18.4 Å². The van der Waals surface area contributed by atoms with Crippen LogP contribution in [0.4, 0.5) is 0 Å². The Labute approximate surface area is 47.9 Å². The summed E-state index contributed by atoms with van der Waals surface area (Å²) in [4.78, 5) is 4.20. The third-order valence-electron chi connectivity index (χ3n) is 0.212. The fraction of sp³-hybridized carbons (Fsp3) is 0.500. The number of hydrogen-bond donors (Lipinski definition) is 3. The Morgan fingerprint density at radius 1 is 1.86 bits per heavy atom. The van der Waals surface area contributed by atoms with E-state index in [1.54, 1.807) is 0 Å². The lowest BCUT2D eigenvalue weighted by Crippen LogP contribution is -2.28. The van der Waals surface area contributed by atoms with Gasteiger partial charge in [-0.1, -0.05) is 0 Å². The first-order valence-electron chi connectivity index (χ1n) is 1.40. The Morgan fingerprint density at radius 2 is 2.29 bits per heavy atom. The summed E-state index contributed by atoms with van der Waals surface area (Å²) >= 11 is 0. The minimum absolute atomic E-state index is 0. The molecule has 0 aliphatic rings. The van der Waals surface area contributed by atoms with E-state index >= 15 is 0 Å². The monoisotopic (exact) mass is 125 g/mol. The van der Waals surface area contributed by atoms with Crippen LogP contribution in [0.3, 0.4) is 0 Å². The molecule has 0 bridgehead atoms. The van der Waals surface area contributed by atoms with Gasteiger partial charge in [0.1, 0.15) is 0 Å². The Balaban J connectivity index is 0. The largest absolute Gasteiger partial charge is 0.368 e. The fourth-order valence-corrected chi connectivity index (χ4v) is 0.110.